The average Bonchev–Trinajstić information content (AvgIpc) is 2.55. The average molecular weight is 287 g/mol. The zero-order valence-corrected chi connectivity index (χ0v) is 13.4. The first-order valence-corrected chi connectivity index (χ1v) is 8.75. The van der Waals surface area contributed by atoms with Gasteiger partial charge in [0.25, 0.3) is 0 Å². The van der Waals surface area contributed by atoms with Gasteiger partial charge in [0, 0.05) is 0 Å². The van der Waals surface area contributed by atoms with E-state index in [1.807, 2.05) is 0 Å². The molecule has 1 heterocycles. The molecule has 0 spiro atoms. The molecule has 0 amide bonds. The van der Waals surface area contributed by atoms with Crippen molar-refractivity contribution in [3.63, 3.8) is 0 Å². The first-order valence-electron chi connectivity index (χ1n) is 8.75. The molecule has 0 saturated carbocycles. The first-order chi connectivity index (χ1) is 10.4. The molecule has 21 heavy (non-hydrogen) atoms. The van der Waals surface area contributed by atoms with Gasteiger partial charge < -0.3 is 10.1 Å². The first kappa shape index (κ1) is 14.9. The highest BCUT2D eigenvalue weighted by Crippen LogP contribution is 2.39. The van der Waals surface area contributed by atoms with Gasteiger partial charge in [0.2, 0.25) is 0 Å². The van der Waals surface area contributed by atoms with E-state index in [1.54, 1.807) is 12.7 Å². The van der Waals surface area contributed by atoms with Crippen molar-refractivity contribution in [3.8, 4) is 5.75 Å². The summed E-state index contributed by atoms with van der Waals surface area (Å²) in [5, 5.41) is 3.47. The summed E-state index contributed by atoms with van der Waals surface area (Å²) in [6.07, 6.45) is 10.8. The lowest BCUT2D eigenvalue weighted by Gasteiger charge is -2.28. The van der Waals surface area contributed by atoms with Crippen LogP contribution >= 0.6 is 0 Å². The summed E-state index contributed by atoms with van der Waals surface area (Å²) in [4.78, 5) is 0. The topological polar surface area (TPSA) is 21.3 Å². The van der Waals surface area contributed by atoms with Crippen LogP contribution in [0.15, 0.2) is 18.2 Å². The molecule has 1 fully saturated rings. The molecular weight excluding hydrogens is 258 g/mol. The molecule has 0 radical (unpaired) electrons. The molecule has 1 aromatic rings. The Balaban J connectivity index is 1.57. The molecule has 1 saturated heterocycles. The van der Waals surface area contributed by atoms with Crippen LogP contribution in [0.25, 0.3) is 0 Å². The van der Waals surface area contributed by atoms with Gasteiger partial charge in [0.15, 0.2) is 0 Å². The Morgan fingerprint density at radius 3 is 2.81 bits per heavy atom. The number of rotatable bonds is 5. The number of hydrogen-bond donors (Lipinski definition) is 1. The van der Waals surface area contributed by atoms with Gasteiger partial charge in [-0.05, 0) is 80.6 Å². The third-order valence-electron chi connectivity index (χ3n) is 5.43. The van der Waals surface area contributed by atoms with Crippen LogP contribution in [-0.4, -0.2) is 20.2 Å². The Kier molecular flexibility index (Phi) is 5.18. The number of nitrogens with one attached hydrogen (secondary N) is 1. The quantitative estimate of drug-likeness (QED) is 0.872. The Morgan fingerprint density at radius 2 is 2.00 bits per heavy atom. The van der Waals surface area contributed by atoms with Crippen LogP contribution in [0.4, 0.5) is 0 Å². The maximum atomic E-state index is 5.55. The molecule has 116 valence electrons. The van der Waals surface area contributed by atoms with E-state index in [-0.39, 0.29) is 0 Å². The lowest BCUT2D eigenvalue weighted by molar-refractivity contribution is 0.335. The zero-order chi connectivity index (χ0) is 14.5. The maximum absolute atomic E-state index is 5.55. The predicted octanol–water partition coefficient (Wildman–Crippen LogP) is 4.29. The highest BCUT2D eigenvalue weighted by atomic mass is 16.5. The molecule has 1 atom stereocenters. The Bertz CT molecular complexity index is 451. The fraction of sp³-hybridized carbons (Fsp3) is 0.684. The SMILES string of the molecule is COc1cccc2c1CCCC2CCCC1CCNCC1. The smallest absolute Gasteiger partial charge is 0.122 e. The lowest BCUT2D eigenvalue weighted by Crippen LogP contribution is -2.27. The summed E-state index contributed by atoms with van der Waals surface area (Å²) < 4.78 is 5.55. The minimum atomic E-state index is 0.769. The van der Waals surface area contributed by atoms with E-state index >= 15 is 0 Å². The summed E-state index contributed by atoms with van der Waals surface area (Å²) >= 11 is 0. The predicted molar refractivity (Wildman–Crippen MR) is 88.1 cm³/mol. The minimum Gasteiger partial charge on any atom is -0.496 e. The summed E-state index contributed by atoms with van der Waals surface area (Å²) in [6, 6.07) is 6.63. The van der Waals surface area contributed by atoms with E-state index in [9.17, 15) is 0 Å². The van der Waals surface area contributed by atoms with E-state index in [1.165, 1.54) is 70.0 Å². The number of ether oxygens (including phenoxy) is 1. The number of piperidine rings is 1. The molecule has 1 unspecified atom stereocenters. The van der Waals surface area contributed by atoms with Gasteiger partial charge in [0.1, 0.15) is 5.75 Å². The molecule has 1 aliphatic carbocycles. The Hall–Kier alpha value is -1.02. The van der Waals surface area contributed by atoms with E-state index in [4.69, 9.17) is 4.74 Å². The van der Waals surface area contributed by atoms with Gasteiger partial charge >= 0.3 is 0 Å². The molecular formula is C19H29NO. The van der Waals surface area contributed by atoms with Gasteiger partial charge in [-0.3, -0.25) is 0 Å². The number of fused-ring (bicyclic) bond motifs is 1. The molecule has 2 nitrogen and oxygen atoms in total. The van der Waals surface area contributed by atoms with Crippen LogP contribution in [0.3, 0.4) is 0 Å². The largest absolute Gasteiger partial charge is 0.496 e. The number of methoxy groups -OCH3 is 1. The van der Waals surface area contributed by atoms with Gasteiger partial charge in [-0.2, -0.15) is 0 Å². The van der Waals surface area contributed by atoms with E-state index in [0.717, 1.165) is 17.6 Å². The van der Waals surface area contributed by atoms with E-state index in [2.05, 4.69) is 23.5 Å². The highest BCUT2D eigenvalue weighted by molar-refractivity contribution is 5.43. The molecule has 0 aromatic heterocycles. The van der Waals surface area contributed by atoms with E-state index in [0.29, 0.717) is 0 Å². The number of hydrogen-bond acceptors (Lipinski definition) is 2. The van der Waals surface area contributed by atoms with Crippen molar-refractivity contribution >= 4 is 0 Å². The van der Waals surface area contributed by atoms with Crippen molar-refractivity contribution in [1.82, 2.24) is 5.32 Å². The fourth-order valence-corrected chi connectivity index (χ4v) is 4.23. The lowest BCUT2D eigenvalue weighted by atomic mass is 9.79. The van der Waals surface area contributed by atoms with Crippen LogP contribution < -0.4 is 10.1 Å². The van der Waals surface area contributed by atoms with Crippen LogP contribution in [0, 0.1) is 5.92 Å². The van der Waals surface area contributed by atoms with Crippen molar-refractivity contribution < 1.29 is 4.74 Å². The van der Waals surface area contributed by atoms with Crippen molar-refractivity contribution in [1.29, 1.82) is 0 Å². The monoisotopic (exact) mass is 287 g/mol. The Labute approximate surface area is 129 Å². The van der Waals surface area contributed by atoms with Crippen molar-refractivity contribution in [2.45, 2.75) is 57.3 Å². The van der Waals surface area contributed by atoms with Crippen LogP contribution in [-0.2, 0) is 6.42 Å². The van der Waals surface area contributed by atoms with Gasteiger partial charge in [-0.25, -0.2) is 0 Å². The number of benzene rings is 1. The fourth-order valence-electron chi connectivity index (χ4n) is 4.23. The second-order valence-electron chi connectivity index (χ2n) is 6.74. The third kappa shape index (κ3) is 3.60. The molecule has 3 rings (SSSR count). The summed E-state index contributed by atoms with van der Waals surface area (Å²) in [6.45, 7) is 2.46. The van der Waals surface area contributed by atoms with Gasteiger partial charge in [-0.15, -0.1) is 0 Å². The molecule has 0 bridgehead atoms. The standard InChI is InChI=1S/C19H29NO/c1-21-19-10-4-8-17-16(7-3-9-18(17)19)6-2-5-15-11-13-20-14-12-15/h4,8,10,15-16,20H,2-3,5-7,9,11-14H2,1H3. The molecule has 2 aliphatic rings. The second-order valence-corrected chi connectivity index (χ2v) is 6.74. The third-order valence-corrected chi connectivity index (χ3v) is 5.43. The maximum Gasteiger partial charge on any atom is 0.122 e. The molecule has 1 aliphatic heterocycles. The molecule has 1 N–H and O–H groups in total. The zero-order valence-electron chi connectivity index (χ0n) is 13.4. The minimum absolute atomic E-state index is 0.769. The van der Waals surface area contributed by atoms with Crippen molar-refractivity contribution in [2.75, 3.05) is 20.2 Å². The Morgan fingerprint density at radius 1 is 1.14 bits per heavy atom. The highest BCUT2D eigenvalue weighted by Gasteiger charge is 2.23. The van der Waals surface area contributed by atoms with E-state index < -0.39 is 0 Å². The second kappa shape index (κ2) is 7.31. The van der Waals surface area contributed by atoms with Crippen LogP contribution in [0.2, 0.25) is 0 Å². The van der Waals surface area contributed by atoms with Crippen LogP contribution in [0.5, 0.6) is 5.75 Å². The summed E-state index contributed by atoms with van der Waals surface area (Å²) in [5.74, 6) is 2.85. The van der Waals surface area contributed by atoms with Gasteiger partial charge in [0.05, 0.1) is 7.11 Å². The molecule has 2 heteroatoms. The normalized spacial score (nSPS) is 22.8. The van der Waals surface area contributed by atoms with Crippen molar-refractivity contribution in [2.24, 2.45) is 5.92 Å². The molecule has 1 aromatic carbocycles. The summed E-state index contributed by atoms with van der Waals surface area (Å²) in [5.41, 5.74) is 3.06. The van der Waals surface area contributed by atoms with Crippen molar-refractivity contribution in [3.05, 3.63) is 29.3 Å². The summed E-state index contributed by atoms with van der Waals surface area (Å²) in [7, 11) is 1.80. The van der Waals surface area contributed by atoms with Gasteiger partial charge in [-0.1, -0.05) is 25.0 Å². The van der Waals surface area contributed by atoms with Crippen LogP contribution in [0.1, 0.15) is 62.0 Å².